The van der Waals surface area contributed by atoms with Crippen molar-refractivity contribution in [3.8, 4) is 5.75 Å². The van der Waals surface area contributed by atoms with Crippen molar-refractivity contribution in [3.63, 3.8) is 0 Å². The lowest BCUT2D eigenvalue weighted by molar-refractivity contribution is -0.271. The van der Waals surface area contributed by atoms with E-state index in [2.05, 4.69) is 4.90 Å². The van der Waals surface area contributed by atoms with Crippen LogP contribution in [0, 0.1) is 0 Å². The van der Waals surface area contributed by atoms with Crippen molar-refractivity contribution >= 4 is 23.5 Å². The van der Waals surface area contributed by atoms with Crippen LogP contribution < -0.4 is 9.64 Å². The van der Waals surface area contributed by atoms with E-state index in [4.69, 9.17) is 21.1 Å². The lowest BCUT2D eigenvalue weighted by Crippen LogP contribution is -2.62. The van der Waals surface area contributed by atoms with Crippen molar-refractivity contribution in [2.45, 2.75) is 68.9 Å². The average Bonchev–Trinajstić information content (AvgIpc) is 3.07. The fourth-order valence-corrected chi connectivity index (χ4v) is 5.25. The van der Waals surface area contributed by atoms with Gasteiger partial charge in [-0.25, -0.2) is 9.59 Å². The average molecular weight is 592 g/mol. The normalized spacial score (nSPS) is 27.5. The molecule has 2 heterocycles. The Labute approximate surface area is 251 Å². The molecule has 0 radical (unpaired) electrons. The number of benzene rings is 2. The number of rotatable bonds is 10. The number of hydrogen-bond donors (Lipinski definition) is 4. The third kappa shape index (κ3) is 6.58. The summed E-state index contributed by atoms with van der Waals surface area (Å²) in [6, 6.07) is 3.61. The molecule has 2 saturated heterocycles. The summed E-state index contributed by atoms with van der Waals surface area (Å²) in [4.78, 5) is 41.2. The molecule has 4 rings (SSSR count). The van der Waals surface area contributed by atoms with Gasteiger partial charge in [0.2, 0.25) is 12.2 Å². The highest BCUT2D eigenvalue weighted by Gasteiger charge is 2.50. The summed E-state index contributed by atoms with van der Waals surface area (Å²) in [5.74, 6) is -2.63. The van der Waals surface area contributed by atoms with E-state index in [1.54, 1.807) is 31.2 Å². The number of nitrogens with zero attached hydrogens (tertiary/aromatic N) is 2. The molecule has 1 amide bonds. The molecule has 0 spiro atoms. The van der Waals surface area contributed by atoms with Gasteiger partial charge in [0.1, 0.15) is 29.6 Å². The first-order valence-corrected chi connectivity index (χ1v) is 13.6. The molecule has 0 saturated carbocycles. The first kappa shape index (κ1) is 25.0. The highest BCUT2D eigenvalue weighted by Crippen LogP contribution is 2.35. The first-order chi connectivity index (χ1) is 22.2. The number of aliphatic carboxylic acids is 1. The number of ether oxygens (including phenoxy) is 3. The van der Waals surface area contributed by atoms with Gasteiger partial charge >= 0.3 is 11.9 Å². The molecule has 12 heteroatoms. The zero-order valence-corrected chi connectivity index (χ0v) is 23.3. The molecule has 12 nitrogen and oxygen atoms in total. The number of para-hydroxylation sites is 1. The second kappa shape index (κ2) is 13.6. The summed E-state index contributed by atoms with van der Waals surface area (Å²) in [5.41, 5.74) is -1.08. The lowest BCUT2D eigenvalue weighted by Gasteiger charge is -2.46. The van der Waals surface area contributed by atoms with Crippen molar-refractivity contribution in [1.82, 2.24) is 4.90 Å². The third-order valence-corrected chi connectivity index (χ3v) is 7.64. The number of carbonyl (C=O) groups excluding carboxylic acids is 2. The van der Waals surface area contributed by atoms with Crippen molar-refractivity contribution < 1.29 is 55.9 Å². The summed E-state index contributed by atoms with van der Waals surface area (Å²) >= 11 is 0. The van der Waals surface area contributed by atoms with Crippen LogP contribution in [0.5, 0.6) is 5.75 Å². The van der Waals surface area contributed by atoms with Crippen LogP contribution >= 0.6 is 0 Å². The maximum absolute atomic E-state index is 13.4. The second-order valence-corrected chi connectivity index (χ2v) is 10.2. The largest absolute Gasteiger partial charge is 0.479 e. The van der Waals surface area contributed by atoms with E-state index in [0.29, 0.717) is 26.1 Å². The fraction of sp³-hybridized carbons (Fsp3) is 0.500. The zero-order valence-electron chi connectivity index (χ0n) is 28.3. The minimum Gasteiger partial charge on any atom is -0.479 e. The van der Waals surface area contributed by atoms with Crippen LogP contribution in [0.4, 0.5) is 5.69 Å². The molecule has 2 aliphatic heterocycles. The molecule has 0 bridgehead atoms. The summed E-state index contributed by atoms with van der Waals surface area (Å²) in [7, 11) is 1.18. The number of piperidine rings is 1. The zero-order chi connectivity index (χ0) is 34.8. The van der Waals surface area contributed by atoms with E-state index in [1.807, 2.05) is 0 Å². The molecular weight excluding hydrogens is 548 g/mol. The molecular formula is C30H38N2O10. The monoisotopic (exact) mass is 591 g/mol. The number of carbonyl (C=O) groups is 3. The Morgan fingerprint density at radius 1 is 1.05 bits per heavy atom. The Balaban J connectivity index is 1.46. The van der Waals surface area contributed by atoms with E-state index in [0.717, 1.165) is 10.5 Å². The number of methoxy groups -OCH3 is 1. The summed E-state index contributed by atoms with van der Waals surface area (Å²) in [6.07, 6.45) is -8.00. The van der Waals surface area contributed by atoms with Crippen LogP contribution in [0.2, 0.25) is 0 Å². The lowest BCUT2D eigenvalue weighted by atomic mass is 9.84. The number of aliphatic hydroxyl groups is 3. The molecule has 4 N–H and O–H groups in total. The smallest absolute Gasteiger partial charge is 0.335 e. The summed E-state index contributed by atoms with van der Waals surface area (Å²) < 4.78 is 56.9. The number of carboxylic acids is 1. The van der Waals surface area contributed by atoms with Gasteiger partial charge in [-0.05, 0) is 49.0 Å². The quantitative estimate of drug-likeness (QED) is 0.291. The predicted octanol–water partition coefficient (Wildman–Crippen LogP) is 0.951. The Hall–Kier alpha value is -3.55. The van der Waals surface area contributed by atoms with Gasteiger partial charge in [-0.2, -0.15) is 0 Å². The Morgan fingerprint density at radius 2 is 1.69 bits per heavy atom. The molecule has 5 atom stereocenters. The summed E-state index contributed by atoms with van der Waals surface area (Å²) in [5, 5.41) is 39.3. The minimum atomic E-state index is -1.83. The first-order valence-electron chi connectivity index (χ1n) is 16.1. The molecule has 0 aromatic heterocycles. The van der Waals surface area contributed by atoms with Gasteiger partial charge in [0.25, 0.3) is 0 Å². The van der Waals surface area contributed by atoms with Gasteiger partial charge in [-0.15, -0.1) is 0 Å². The van der Waals surface area contributed by atoms with Gasteiger partial charge in [0.15, 0.2) is 6.10 Å². The van der Waals surface area contributed by atoms with E-state index in [-0.39, 0.29) is 30.7 Å². The van der Waals surface area contributed by atoms with Crippen LogP contribution in [-0.4, -0.2) is 106 Å². The number of anilines is 1. The second-order valence-electron chi connectivity index (χ2n) is 10.2. The van der Waals surface area contributed by atoms with Crippen LogP contribution in [0.3, 0.4) is 0 Å². The Bertz CT molecular complexity index is 1460. The number of likely N-dealkylation sites (tertiary alicyclic amines) is 1. The van der Waals surface area contributed by atoms with E-state index in [1.165, 1.54) is 7.11 Å². The number of esters is 1. The van der Waals surface area contributed by atoms with Gasteiger partial charge in [0.05, 0.1) is 14.0 Å². The summed E-state index contributed by atoms with van der Waals surface area (Å²) in [6.45, 7) is 2.77. The molecule has 228 valence electrons. The van der Waals surface area contributed by atoms with E-state index in [9.17, 15) is 34.8 Å². The van der Waals surface area contributed by atoms with Crippen LogP contribution in [-0.2, 0) is 30.3 Å². The topological polar surface area (TPSA) is 166 Å². The number of amides is 1. The standard InChI is InChI=1S/C30H38N2O10/c1-3-22(33)32(20-7-5-4-6-8-20)30(29(39)40-2)14-17-31(18-15-30)16-13-19-9-11-21(12-10-19)41-28-25(36)23(34)24(35)26(42-28)27(37)38/h4-12,23-26,28,34-36H,3,13-18H2,1-2H3,(H,37,38)/t23-,24-,25+,26-,28+/m0/s1/i4D,5D,6D,7D,8D. The fourth-order valence-electron chi connectivity index (χ4n) is 5.25. The maximum Gasteiger partial charge on any atom is 0.335 e. The minimum absolute atomic E-state index is 0.0845. The molecule has 2 aliphatic rings. The highest BCUT2D eigenvalue weighted by molar-refractivity contribution is 6.02. The van der Waals surface area contributed by atoms with Crippen molar-refractivity contribution in [2.24, 2.45) is 0 Å². The van der Waals surface area contributed by atoms with Crippen molar-refractivity contribution in [2.75, 3.05) is 31.6 Å². The number of aliphatic hydroxyl groups excluding tert-OH is 3. The molecule has 0 unspecified atom stereocenters. The Morgan fingerprint density at radius 3 is 2.26 bits per heavy atom. The SMILES string of the molecule is [2H]c1c([2H])c([2H])c(N(C(=O)CC)C2(C(=O)OC)CCN(CCc3ccc(O[C@@H]4O[C@H](C(=O)O)[C@@H](O)[C@H](O)[C@H]4O)cc3)CC2)c([2H])c1[2H]. The van der Waals surface area contributed by atoms with Gasteiger partial charge < -0.3 is 39.5 Å². The van der Waals surface area contributed by atoms with Gasteiger partial charge in [-0.3, -0.25) is 9.69 Å². The van der Waals surface area contributed by atoms with Crippen LogP contribution in [0.15, 0.2) is 54.5 Å². The molecule has 42 heavy (non-hydrogen) atoms. The van der Waals surface area contributed by atoms with Crippen LogP contribution in [0.25, 0.3) is 0 Å². The van der Waals surface area contributed by atoms with Crippen molar-refractivity contribution in [3.05, 3.63) is 60.0 Å². The predicted molar refractivity (Wildman–Crippen MR) is 150 cm³/mol. The highest BCUT2D eigenvalue weighted by atomic mass is 16.7. The molecule has 0 aliphatic carbocycles. The number of carboxylic acid groups (broad SMARTS) is 1. The third-order valence-electron chi connectivity index (χ3n) is 7.64. The molecule has 2 fully saturated rings. The molecule has 2 aromatic rings. The van der Waals surface area contributed by atoms with E-state index >= 15 is 0 Å². The van der Waals surface area contributed by atoms with Crippen LogP contribution in [0.1, 0.15) is 38.6 Å². The molecule has 2 aromatic carbocycles. The maximum atomic E-state index is 13.4. The van der Waals surface area contributed by atoms with Gasteiger partial charge in [0, 0.05) is 31.7 Å². The van der Waals surface area contributed by atoms with E-state index < -0.39 is 84.3 Å². The van der Waals surface area contributed by atoms with Gasteiger partial charge in [-0.1, -0.05) is 37.2 Å². The number of hydrogen-bond acceptors (Lipinski definition) is 10. The Kier molecular flexibility index (Phi) is 8.10. The van der Waals surface area contributed by atoms with Crippen molar-refractivity contribution in [1.29, 1.82) is 0 Å².